The highest BCUT2D eigenvalue weighted by Crippen LogP contribution is 2.22. The maximum absolute atomic E-state index is 8.93. The van der Waals surface area contributed by atoms with Crippen molar-refractivity contribution >= 4 is 11.6 Å². The molecule has 2 aromatic rings. The Kier molecular flexibility index (Phi) is 4.16. The summed E-state index contributed by atoms with van der Waals surface area (Å²) in [5.41, 5.74) is 2.76. The van der Waals surface area contributed by atoms with E-state index in [2.05, 4.69) is 21.4 Å². The first kappa shape index (κ1) is 13.8. The van der Waals surface area contributed by atoms with Crippen LogP contribution in [0, 0.1) is 18.3 Å². The van der Waals surface area contributed by atoms with Crippen molar-refractivity contribution < 1.29 is 0 Å². The highest BCUT2D eigenvalue weighted by molar-refractivity contribution is 5.57. The number of nitriles is 1. The van der Waals surface area contributed by atoms with Crippen LogP contribution in [0.25, 0.3) is 0 Å². The molecule has 1 N–H and O–H groups in total. The van der Waals surface area contributed by atoms with Gasteiger partial charge in [0.25, 0.3) is 0 Å². The fraction of sp³-hybridized carbons (Fsp3) is 0.267. The largest absolute Gasteiger partial charge is 0.373 e. The average Bonchev–Trinajstić information content (AvgIpc) is 2.47. The van der Waals surface area contributed by atoms with Crippen molar-refractivity contribution in [3.8, 4) is 6.07 Å². The zero-order chi connectivity index (χ0) is 14.5. The maximum Gasteiger partial charge on any atom is 0.137 e. The van der Waals surface area contributed by atoms with Crippen molar-refractivity contribution in [1.82, 2.24) is 9.97 Å². The van der Waals surface area contributed by atoms with Crippen LogP contribution in [-0.4, -0.2) is 24.1 Å². The second-order valence-corrected chi connectivity index (χ2v) is 4.59. The van der Waals surface area contributed by atoms with Gasteiger partial charge >= 0.3 is 0 Å². The summed E-state index contributed by atoms with van der Waals surface area (Å²) in [6.07, 6.45) is 1.55. The van der Waals surface area contributed by atoms with Gasteiger partial charge in [-0.1, -0.05) is 12.1 Å². The molecule has 102 valence electrons. The van der Waals surface area contributed by atoms with Crippen LogP contribution in [-0.2, 0) is 6.54 Å². The lowest BCUT2D eigenvalue weighted by Crippen LogP contribution is -2.19. The molecule has 0 amide bonds. The molecular formula is C15H17N5. The smallest absolute Gasteiger partial charge is 0.137 e. The van der Waals surface area contributed by atoms with Gasteiger partial charge in [-0.25, -0.2) is 9.97 Å². The Bertz CT molecular complexity index is 645. The van der Waals surface area contributed by atoms with Crippen molar-refractivity contribution in [1.29, 1.82) is 5.26 Å². The van der Waals surface area contributed by atoms with Crippen LogP contribution in [0.2, 0.25) is 0 Å². The second kappa shape index (κ2) is 6.02. The van der Waals surface area contributed by atoms with Gasteiger partial charge in [-0.05, 0) is 24.6 Å². The summed E-state index contributed by atoms with van der Waals surface area (Å²) in [6, 6.07) is 9.76. The molecule has 5 heteroatoms. The van der Waals surface area contributed by atoms with Crippen molar-refractivity contribution in [3.05, 3.63) is 47.3 Å². The number of benzene rings is 1. The van der Waals surface area contributed by atoms with Gasteiger partial charge in [0.15, 0.2) is 0 Å². The maximum atomic E-state index is 8.93. The van der Waals surface area contributed by atoms with Crippen LogP contribution in [0.3, 0.4) is 0 Å². The Hall–Kier alpha value is -2.61. The number of hydrogen-bond donors (Lipinski definition) is 1. The van der Waals surface area contributed by atoms with Crippen molar-refractivity contribution in [2.45, 2.75) is 13.5 Å². The third-order valence-corrected chi connectivity index (χ3v) is 3.13. The number of rotatable bonds is 4. The Labute approximate surface area is 118 Å². The standard InChI is InChI=1S/C15H17N5/c1-11-14(17-2)18-10-19-15(11)20(3)9-13-6-4-5-12(7-13)8-16/h4-7,10H,9H2,1-3H3,(H,17,18,19). The molecule has 0 aliphatic heterocycles. The molecule has 0 spiro atoms. The molecule has 5 nitrogen and oxygen atoms in total. The number of nitrogens with one attached hydrogen (secondary N) is 1. The number of anilines is 2. The second-order valence-electron chi connectivity index (χ2n) is 4.59. The highest BCUT2D eigenvalue weighted by atomic mass is 15.2. The lowest BCUT2D eigenvalue weighted by Gasteiger charge is -2.21. The number of hydrogen-bond acceptors (Lipinski definition) is 5. The van der Waals surface area contributed by atoms with E-state index in [1.807, 2.05) is 44.1 Å². The van der Waals surface area contributed by atoms with E-state index in [9.17, 15) is 0 Å². The van der Waals surface area contributed by atoms with Gasteiger partial charge in [-0.3, -0.25) is 0 Å². The first-order valence-electron chi connectivity index (χ1n) is 6.35. The molecule has 0 saturated heterocycles. The summed E-state index contributed by atoms with van der Waals surface area (Å²) in [4.78, 5) is 10.6. The zero-order valence-corrected chi connectivity index (χ0v) is 11.9. The van der Waals surface area contributed by atoms with Gasteiger partial charge in [0, 0.05) is 26.2 Å². The number of nitrogens with zero attached hydrogens (tertiary/aromatic N) is 4. The van der Waals surface area contributed by atoms with E-state index in [4.69, 9.17) is 5.26 Å². The molecular weight excluding hydrogens is 250 g/mol. The molecule has 1 heterocycles. The van der Waals surface area contributed by atoms with Crippen LogP contribution in [0.1, 0.15) is 16.7 Å². The van der Waals surface area contributed by atoms with Crippen molar-refractivity contribution in [2.24, 2.45) is 0 Å². The predicted octanol–water partition coefficient (Wildman–Crippen LogP) is 2.33. The summed E-state index contributed by atoms with van der Waals surface area (Å²) in [6.45, 7) is 2.68. The highest BCUT2D eigenvalue weighted by Gasteiger charge is 2.10. The van der Waals surface area contributed by atoms with Crippen molar-refractivity contribution in [2.75, 3.05) is 24.3 Å². The molecule has 1 aromatic carbocycles. The van der Waals surface area contributed by atoms with Gasteiger partial charge in [-0.2, -0.15) is 5.26 Å². The Balaban J connectivity index is 2.24. The van der Waals surface area contributed by atoms with E-state index in [0.29, 0.717) is 12.1 Å². The molecule has 20 heavy (non-hydrogen) atoms. The monoisotopic (exact) mass is 267 g/mol. The van der Waals surface area contributed by atoms with E-state index < -0.39 is 0 Å². The molecule has 1 aromatic heterocycles. The Morgan fingerprint density at radius 3 is 2.85 bits per heavy atom. The average molecular weight is 267 g/mol. The van der Waals surface area contributed by atoms with E-state index in [0.717, 1.165) is 22.8 Å². The van der Waals surface area contributed by atoms with Crippen LogP contribution < -0.4 is 10.2 Å². The van der Waals surface area contributed by atoms with E-state index >= 15 is 0 Å². The van der Waals surface area contributed by atoms with Gasteiger partial charge in [0.05, 0.1) is 11.6 Å². The first-order valence-corrected chi connectivity index (χ1v) is 6.35. The first-order chi connectivity index (χ1) is 9.65. The minimum absolute atomic E-state index is 0.672. The van der Waals surface area contributed by atoms with Crippen LogP contribution in [0.4, 0.5) is 11.6 Å². The van der Waals surface area contributed by atoms with Crippen LogP contribution >= 0.6 is 0 Å². The van der Waals surface area contributed by atoms with Crippen LogP contribution in [0.5, 0.6) is 0 Å². The Morgan fingerprint density at radius 1 is 1.35 bits per heavy atom. The molecule has 0 fully saturated rings. The van der Waals surface area contributed by atoms with E-state index in [1.54, 1.807) is 12.4 Å². The van der Waals surface area contributed by atoms with Crippen LogP contribution in [0.15, 0.2) is 30.6 Å². The Morgan fingerprint density at radius 2 is 2.15 bits per heavy atom. The molecule has 2 rings (SSSR count). The molecule has 0 aliphatic rings. The van der Waals surface area contributed by atoms with Gasteiger partial charge in [0.2, 0.25) is 0 Å². The molecule has 0 bridgehead atoms. The van der Waals surface area contributed by atoms with Crippen molar-refractivity contribution in [3.63, 3.8) is 0 Å². The molecule has 0 aliphatic carbocycles. The summed E-state index contributed by atoms with van der Waals surface area (Å²) >= 11 is 0. The van der Waals surface area contributed by atoms with Gasteiger partial charge in [-0.15, -0.1) is 0 Å². The third kappa shape index (κ3) is 2.86. The normalized spacial score (nSPS) is 9.90. The van der Waals surface area contributed by atoms with Gasteiger partial charge < -0.3 is 10.2 Å². The lowest BCUT2D eigenvalue weighted by atomic mass is 10.1. The SMILES string of the molecule is CNc1ncnc(N(C)Cc2cccc(C#N)c2)c1C. The topological polar surface area (TPSA) is 64.8 Å². The fourth-order valence-electron chi connectivity index (χ4n) is 2.17. The van der Waals surface area contributed by atoms with E-state index in [1.165, 1.54) is 0 Å². The predicted molar refractivity (Wildman–Crippen MR) is 79.6 cm³/mol. The molecule has 0 saturated carbocycles. The molecule has 0 radical (unpaired) electrons. The summed E-state index contributed by atoms with van der Waals surface area (Å²) in [7, 11) is 3.82. The molecule has 0 unspecified atom stereocenters. The minimum atomic E-state index is 0.672. The van der Waals surface area contributed by atoms with E-state index in [-0.39, 0.29) is 0 Å². The zero-order valence-electron chi connectivity index (χ0n) is 11.9. The fourth-order valence-corrected chi connectivity index (χ4v) is 2.17. The third-order valence-electron chi connectivity index (χ3n) is 3.13. The summed E-state index contributed by atoms with van der Waals surface area (Å²) in [5.74, 6) is 1.71. The summed E-state index contributed by atoms with van der Waals surface area (Å²) in [5, 5.41) is 12.0. The quantitative estimate of drug-likeness (QED) is 0.921. The summed E-state index contributed by atoms with van der Waals surface area (Å²) < 4.78 is 0. The number of aromatic nitrogens is 2. The molecule has 0 atom stereocenters. The van der Waals surface area contributed by atoms with Gasteiger partial charge in [0.1, 0.15) is 18.0 Å². The lowest BCUT2D eigenvalue weighted by molar-refractivity contribution is 0.882. The minimum Gasteiger partial charge on any atom is -0.373 e.